The largest absolute Gasteiger partial charge is 0.469 e. The van der Waals surface area contributed by atoms with E-state index in [4.69, 9.17) is 25.6 Å². The van der Waals surface area contributed by atoms with Crippen molar-refractivity contribution in [2.75, 3.05) is 26.9 Å². The Balaban J connectivity index is 4.56. The van der Waals surface area contributed by atoms with Gasteiger partial charge in [-0.25, -0.2) is 5.09 Å². The molecule has 0 aromatic heterocycles. The SMILES string of the molecule is CCOCCOP(=S)(NC(C)CCC(=O)OC)OC(C)(C)C. The molecule has 2 atom stereocenters. The number of carbonyl (C=O) groups excluding carboxylic acids is 1. The molecule has 0 heterocycles. The highest BCUT2D eigenvalue weighted by molar-refractivity contribution is 8.09. The van der Waals surface area contributed by atoms with Crippen LogP contribution in [0.3, 0.4) is 0 Å². The summed E-state index contributed by atoms with van der Waals surface area (Å²) in [5.41, 5.74) is -0.420. The maximum Gasteiger partial charge on any atom is 0.305 e. The smallest absolute Gasteiger partial charge is 0.305 e. The summed E-state index contributed by atoms with van der Waals surface area (Å²) in [4.78, 5) is 11.2. The van der Waals surface area contributed by atoms with Crippen LogP contribution < -0.4 is 5.09 Å². The summed E-state index contributed by atoms with van der Waals surface area (Å²) in [6.45, 7) is 8.49. The Morgan fingerprint density at radius 3 is 2.45 bits per heavy atom. The van der Waals surface area contributed by atoms with Gasteiger partial charge in [-0.3, -0.25) is 4.79 Å². The molecule has 6 nitrogen and oxygen atoms in total. The van der Waals surface area contributed by atoms with Crippen molar-refractivity contribution in [3.63, 3.8) is 0 Å². The fourth-order valence-corrected chi connectivity index (χ4v) is 4.90. The Hall–Kier alpha value is -0.0400. The molecule has 0 rings (SSSR count). The minimum absolute atomic E-state index is 0.0145. The minimum Gasteiger partial charge on any atom is -0.469 e. The van der Waals surface area contributed by atoms with Crippen molar-refractivity contribution in [2.45, 2.75) is 59.1 Å². The van der Waals surface area contributed by atoms with E-state index in [1.165, 1.54) is 7.11 Å². The maximum atomic E-state index is 11.2. The van der Waals surface area contributed by atoms with Gasteiger partial charge in [-0.05, 0) is 52.8 Å². The van der Waals surface area contributed by atoms with Gasteiger partial charge in [0.25, 0.3) is 6.64 Å². The lowest BCUT2D eigenvalue weighted by Gasteiger charge is -2.32. The second-order valence-corrected chi connectivity index (χ2v) is 9.01. The zero-order valence-electron chi connectivity index (χ0n) is 14.5. The van der Waals surface area contributed by atoms with Gasteiger partial charge in [0, 0.05) is 19.1 Å². The van der Waals surface area contributed by atoms with Gasteiger partial charge in [0.2, 0.25) is 0 Å². The van der Waals surface area contributed by atoms with E-state index in [-0.39, 0.29) is 12.0 Å². The van der Waals surface area contributed by atoms with Crippen LogP contribution in [0.4, 0.5) is 0 Å². The third-order valence-corrected chi connectivity index (χ3v) is 5.40. The van der Waals surface area contributed by atoms with E-state index in [0.717, 1.165) is 0 Å². The normalized spacial score (nSPS) is 16.1. The molecule has 0 radical (unpaired) electrons. The average Bonchev–Trinajstić information content (AvgIpc) is 2.38. The topological polar surface area (TPSA) is 66.0 Å². The number of hydrogen-bond donors (Lipinski definition) is 1. The van der Waals surface area contributed by atoms with Crippen LogP contribution in [0, 0.1) is 0 Å². The molecule has 0 aliphatic carbocycles. The number of ether oxygens (including phenoxy) is 2. The number of esters is 1. The molecule has 22 heavy (non-hydrogen) atoms. The Morgan fingerprint density at radius 2 is 1.95 bits per heavy atom. The van der Waals surface area contributed by atoms with Crippen molar-refractivity contribution in [1.82, 2.24) is 5.09 Å². The average molecular weight is 355 g/mol. The molecular formula is C14H30NO5PS. The van der Waals surface area contributed by atoms with Crippen molar-refractivity contribution in [2.24, 2.45) is 0 Å². The molecule has 0 spiro atoms. The molecule has 0 bridgehead atoms. The quantitative estimate of drug-likeness (QED) is 0.347. The Bertz CT molecular complexity index is 373. The lowest BCUT2D eigenvalue weighted by atomic mass is 10.2. The lowest BCUT2D eigenvalue weighted by molar-refractivity contribution is -0.140. The molecule has 132 valence electrons. The number of hydrogen-bond acceptors (Lipinski definition) is 6. The van der Waals surface area contributed by atoms with Crippen LogP contribution in [0.2, 0.25) is 0 Å². The van der Waals surface area contributed by atoms with E-state index in [2.05, 4.69) is 9.82 Å². The zero-order chi connectivity index (χ0) is 17.2. The molecule has 0 aromatic rings. The van der Waals surface area contributed by atoms with E-state index >= 15 is 0 Å². The molecule has 8 heteroatoms. The summed E-state index contributed by atoms with van der Waals surface area (Å²) in [5, 5.41) is 3.22. The van der Waals surface area contributed by atoms with Gasteiger partial charge >= 0.3 is 5.97 Å². The van der Waals surface area contributed by atoms with Crippen LogP contribution in [-0.4, -0.2) is 44.5 Å². The Labute approximate surface area is 139 Å². The third-order valence-electron chi connectivity index (χ3n) is 2.47. The molecular weight excluding hydrogens is 325 g/mol. The number of rotatable bonds is 11. The van der Waals surface area contributed by atoms with E-state index in [9.17, 15) is 4.79 Å². The van der Waals surface area contributed by atoms with Gasteiger partial charge in [0.05, 0.1) is 25.9 Å². The molecule has 1 N–H and O–H groups in total. The van der Waals surface area contributed by atoms with Gasteiger partial charge in [0.1, 0.15) is 0 Å². The number of methoxy groups -OCH3 is 1. The summed E-state index contributed by atoms with van der Waals surface area (Å²) >= 11 is 5.57. The van der Waals surface area contributed by atoms with Gasteiger partial charge in [-0.1, -0.05) is 0 Å². The van der Waals surface area contributed by atoms with Crippen molar-refractivity contribution in [3.05, 3.63) is 0 Å². The minimum atomic E-state index is -2.65. The van der Waals surface area contributed by atoms with E-state index in [1.54, 1.807) is 0 Å². The van der Waals surface area contributed by atoms with E-state index in [1.807, 2.05) is 34.6 Å². The molecule has 0 aliphatic heterocycles. The second kappa shape index (κ2) is 10.7. The lowest BCUT2D eigenvalue weighted by Crippen LogP contribution is -2.30. The summed E-state index contributed by atoms with van der Waals surface area (Å²) in [6.07, 6.45) is 0.932. The number of nitrogens with one attached hydrogen (secondary N) is 1. The Kier molecular flexibility index (Phi) is 10.7. The highest BCUT2D eigenvalue weighted by atomic mass is 32.5. The monoisotopic (exact) mass is 355 g/mol. The first-order valence-electron chi connectivity index (χ1n) is 7.49. The van der Waals surface area contributed by atoms with Crippen LogP contribution in [0.15, 0.2) is 0 Å². The fourth-order valence-electron chi connectivity index (χ4n) is 1.58. The highest BCUT2D eigenvalue weighted by Crippen LogP contribution is 2.48. The Morgan fingerprint density at radius 1 is 1.32 bits per heavy atom. The number of carbonyl (C=O) groups is 1. The van der Waals surface area contributed by atoms with Gasteiger partial charge < -0.3 is 18.5 Å². The first kappa shape index (κ1) is 22.0. The molecule has 0 aliphatic rings. The second-order valence-electron chi connectivity index (χ2n) is 5.88. The summed E-state index contributed by atoms with van der Waals surface area (Å²) in [6, 6.07) is -0.0145. The predicted octanol–water partition coefficient (Wildman–Crippen LogP) is 3.01. The van der Waals surface area contributed by atoms with Gasteiger partial charge in [-0.15, -0.1) is 0 Å². The van der Waals surface area contributed by atoms with Crippen molar-refractivity contribution >= 4 is 24.4 Å². The highest BCUT2D eigenvalue weighted by Gasteiger charge is 2.28. The first-order valence-corrected chi connectivity index (χ1v) is 10.1. The first-order chi connectivity index (χ1) is 10.1. The van der Waals surface area contributed by atoms with Crippen LogP contribution in [-0.2, 0) is 35.1 Å². The van der Waals surface area contributed by atoms with E-state index < -0.39 is 12.2 Å². The molecule has 0 saturated heterocycles. The molecule has 0 aromatic carbocycles. The maximum absolute atomic E-state index is 11.2. The third kappa shape index (κ3) is 11.5. The van der Waals surface area contributed by atoms with Gasteiger partial charge in [0.15, 0.2) is 0 Å². The van der Waals surface area contributed by atoms with Crippen LogP contribution in [0.5, 0.6) is 0 Å². The zero-order valence-corrected chi connectivity index (χ0v) is 16.2. The summed E-state index contributed by atoms with van der Waals surface area (Å²) in [7, 11) is 1.38. The van der Waals surface area contributed by atoms with Crippen LogP contribution in [0.1, 0.15) is 47.5 Å². The van der Waals surface area contributed by atoms with E-state index in [0.29, 0.717) is 32.7 Å². The molecule has 0 amide bonds. The summed E-state index contributed by atoms with van der Waals surface area (Å²) in [5.74, 6) is -0.240. The molecule has 0 fully saturated rings. The van der Waals surface area contributed by atoms with Gasteiger partial charge in [-0.2, -0.15) is 0 Å². The predicted molar refractivity (Wildman–Crippen MR) is 91.4 cm³/mol. The molecule has 0 saturated carbocycles. The fraction of sp³-hybridized carbons (Fsp3) is 0.929. The summed E-state index contributed by atoms with van der Waals surface area (Å²) < 4.78 is 21.6. The van der Waals surface area contributed by atoms with Crippen molar-refractivity contribution in [1.29, 1.82) is 0 Å². The van der Waals surface area contributed by atoms with Crippen LogP contribution in [0.25, 0.3) is 0 Å². The van der Waals surface area contributed by atoms with Crippen LogP contribution >= 0.6 is 6.64 Å². The van der Waals surface area contributed by atoms with Crippen molar-refractivity contribution < 1.29 is 23.3 Å². The van der Waals surface area contributed by atoms with Crippen molar-refractivity contribution in [3.8, 4) is 0 Å². The standard InChI is InChI=1S/C14H30NO5PS/c1-7-18-10-11-19-21(22,20-14(3,4)5)15-12(2)8-9-13(16)17-6/h12H,7-11H2,1-6H3,(H,15,22). The molecule has 2 unspecified atom stereocenters.